The molecule has 1 heterocycles. The first-order valence-electron chi connectivity index (χ1n) is 7.73. The van der Waals surface area contributed by atoms with Gasteiger partial charge in [-0.2, -0.15) is 0 Å². The third-order valence-corrected chi connectivity index (χ3v) is 4.48. The first kappa shape index (κ1) is 17.2. The molecule has 0 fully saturated rings. The van der Waals surface area contributed by atoms with Crippen LogP contribution in [0, 0.1) is 12.7 Å². The van der Waals surface area contributed by atoms with Gasteiger partial charge in [-0.05, 0) is 36.8 Å². The SMILES string of the molecule is Cc1ccc(-n2cnnc2SCC(=O)NCc2cccc(F)c2)cc1. The molecule has 5 nitrogen and oxygen atoms in total. The molecule has 7 heteroatoms. The van der Waals surface area contributed by atoms with Crippen LogP contribution in [0.25, 0.3) is 5.69 Å². The second-order valence-corrected chi connectivity index (χ2v) is 6.46. The van der Waals surface area contributed by atoms with Crippen LogP contribution in [0.3, 0.4) is 0 Å². The van der Waals surface area contributed by atoms with Crippen molar-refractivity contribution in [2.75, 3.05) is 5.75 Å². The largest absolute Gasteiger partial charge is 0.351 e. The normalized spacial score (nSPS) is 10.6. The topological polar surface area (TPSA) is 59.8 Å². The van der Waals surface area contributed by atoms with Gasteiger partial charge in [-0.3, -0.25) is 9.36 Å². The number of halogens is 1. The molecule has 0 atom stereocenters. The molecule has 0 saturated carbocycles. The van der Waals surface area contributed by atoms with Crippen molar-refractivity contribution in [2.45, 2.75) is 18.6 Å². The fourth-order valence-corrected chi connectivity index (χ4v) is 2.99. The van der Waals surface area contributed by atoms with E-state index >= 15 is 0 Å². The lowest BCUT2D eigenvalue weighted by Crippen LogP contribution is -2.24. The molecule has 3 aromatic rings. The number of carbonyl (C=O) groups excluding carboxylic acids is 1. The first-order valence-corrected chi connectivity index (χ1v) is 8.71. The van der Waals surface area contributed by atoms with E-state index < -0.39 is 0 Å². The number of rotatable bonds is 6. The number of aromatic nitrogens is 3. The molecule has 0 bridgehead atoms. The van der Waals surface area contributed by atoms with Crippen LogP contribution >= 0.6 is 11.8 Å². The third-order valence-electron chi connectivity index (χ3n) is 3.54. The molecule has 0 aliphatic carbocycles. The second kappa shape index (κ2) is 7.94. The molecule has 0 spiro atoms. The van der Waals surface area contributed by atoms with E-state index in [2.05, 4.69) is 15.5 Å². The highest BCUT2D eigenvalue weighted by atomic mass is 32.2. The van der Waals surface area contributed by atoms with Crippen molar-refractivity contribution in [1.82, 2.24) is 20.1 Å². The molecule has 128 valence electrons. The Bertz CT molecular complexity index is 864. The van der Waals surface area contributed by atoms with E-state index in [9.17, 15) is 9.18 Å². The Morgan fingerprint density at radius 3 is 2.80 bits per heavy atom. The highest BCUT2D eigenvalue weighted by Gasteiger charge is 2.10. The highest BCUT2D eigenvalue weighted by Crippen LogP contribution is 2.19. The van der Waals surface area contributed by atoms with Crippen LogP contribution in [0.2, 0.25) is 0 Å². The second-order valence-electron chi connectivity index (χ2n) is 5.51. The summed E-state index contributed by atoms with van der Waals surface area (Å²) in [6, 6.07) is 14.1. The van der Waals surface area contributed by atoms with Gasteiger partial charge in [0, 0.05) is 12.2 Å². The van der Waals surface area contributed by atoms with Gasteiger partial charge in [0.2, 0.25) is 5.91 Å². The molecule has 1 aromatic heterocycles. The zero-order valence-electron chi connectivity index (χ0n) is 13.6. The first-order chi connectivity index (χ1) is 12.1. The van der Waals surface area contributed by atoms with Gasteiger partial charge in [-0.1, -0.05) is 41.6 Å². The molecule has 0 unspecified atom stereocenters. The van der Waals surface area contributed by atoms with E-state index in [0.717, 1.165) is 11.3 Å². The van der Waals surface area contributed by atoms with E-state index in [-0.39, 0.29) is 17.5 Å². The van der Waals surface area contributed by atoms with E-state index in [0.29, 0.717) is 11.7 Å². The standard InChI is InChI=1S/C18H17FN4OS/c1-13-5-7-16(8-6-13)23-12-21-22-18(23)25-11-17(24)20-10-14-3-2-4-15(19)9-14/h2-9,12H,10-11H2,1H3,(H,20,24). The van der Waals surface area contributed by atoms with Gasteiger partial charge < -0.3 is 5.32 Å². The Kier molecular flexibility index (Phi) is 5.45. The van der Waals surface area contributed by atoms with Crippen LogP contribution in [0.4, 0.5) is 4.39 Å². The number of nitrogens with zero attached hydrogens (tertiary/aromatic N) is 3. The maximum Gasteiger partial charge on any atom is 0.230 e. The summed E-state index contributed by atoms with van der Waals surface area (Å²) < 4.78 is 15.0. The van der Waals surface area contributed by atoms with Crippen LogP contribution in [0.5, 0.6) is 0 Å². The number of aryl methyl sites for hydroxylation is 1. The number of carbonyl (C=O) groups is 1. The van der Waals surface area contributed by atoms with E-state index in [4.69, 9.17) is 0 Å². The molecule has 3 rings (SSSR count). The Labute approximate surface area is 149 Å². The predicted molar refractivity (Wildman–Crippen MR) is 95.1 cm³/mol. The van der Waals surface area contributed by atoms with Gasteiger partial charge in [-0.15, -0.1) is 10.2 Å². The minimum atomic E-state index is -0.313. The smallest absolute Gasteiger partial charge is 0.230 e. The number of thioether (sulfide) groups is 1. The quantitative estimate of drug-likeness (QED) is 0.690. The molecular weight excluding hydrogens is 339 g/mol. The summed E-state index contributed by atoms with van der Waals surface area (Å²) >= 11 is 1.30. The number of nitrogens with one attached hydrogen (secondary N) is 1. The van der Waals surface area contributed by atoms with Crippen LogP contribution in [0.15, 0.2) is 60.0 Å². The van der Waals surface area contributed by atoms with Crippen LogP contribution in [-0.2, 0) is 11.3 Å². The fourth-order valence-electron chi connectivity index (χ4n) is 2.23. The summed E-state index contributed by atoms with van der Waals surface area (Å²) in [6.45, 7) is 2.32. The van der Waals surface area contributed by atoms with E-state index in [1.165, 1.54) is 29.5 Å². The lowest BCUT2D eigenvalue weighted by atomic mass is 10.2. The van der Waals surface area contributed by atoms with Gasteiger partial charge in [0.15, 0.2) is 5.16 Å². The van der Waals surface area contributed by atoms with Gasteiger partial charge in [-0.25, -0.2) is 4.39 Å². The average molecular weight is 356 g/mol. The van der Waals surface area contributed by atoms with Crippen molar-refractivity contribution >= 4 is 17.7 Å². The zero-order valence-corrected chi connectivity index (χ0v) is 14.5. The van der Waals surface area contributed by atoms with Crippen LogP contribution < -0.4 is 5.32 Å². The molecule has 0 radical (unpaired) electrons. The monoisotopic (exact) mass is 356 g/mol. The Morgan fingerprint density at radius 1 is 1.24 bits per heavy atom. The molecule has 0 aliphatic heterocycles. The fraction of sp³-hybridized carbons (Fsp3) is 0.167. The molecule has 1 amide bonds. The summed E-state index contributed by atoms with van der Waals surface area (Å²) in [7, 11) is 0. The maximum atomic E-state index is 13.1. The molecular formula is C18H17FN4OS. The van der Waals surface area contributed by atoms with Crippen molar-refractivity contribution in [3.8, 4) is 5.69 Å². The number of hydrogen-bond donors (Lipinski definition) is 1. The lowest BCUT2D eigenvalue weighted by Gasteiger charge is -2.07. The minimum absolute atomic E-state index is 0.146. The van der Waals surface area contributed by atoms with E-state index in [1.54, 1.807) is 18.5 Å². The summed E-state index contributed by atoms with van der Waals surface area (Å²) in [4.78, 5) is 12.0. The molecule has 0 saturated heterocycles. The Morgan fingerprint density at radius 2 is 2.04 bits per heavy atom. The minimum Gasteiger partial charge on any atom is -0.351 e. The molecule has 0 aliphatic rings. The molecule has 2 aromatic carbocycles. The maximum absolute atomic E-state index is 13.1. The number of hydrogen-bond acceptors (Lipinski definition) is 4. The predicted octanol–water partition coefficient (Wildman–Crippen LogP) is 3.12. The Balaban J connectivity index is 1.56. The average Bonchev–Trinajstić information content (AvgIpc) is 3.07. The van der Waals surface area contributed by atoms with E-state index in [1.807, 2.05) is 35.8 Å². The number of amides is 1. The molecule has 1 N–H and O–H groups in total. The molecule has 25 heavy (non-hydrogen) atoms. The van der Waals surface area contributed by atoms with Gasteiger partial charge in [0.05, 0.1) is 5.75 Å². The lowest BCUT2D eigenvalue weighted by molar-refractivity contribution is -0.118. The van der Waals surface area contributed by atoms with Gasteiger partial charge in [0.25, 0.3) is 0 Å². The van der Waals surface area contributed by atoms with Crippen molar-refractivity contribution in [2.24, 2.45) is 0 Å². The highest BCUT2D eigenvalue weighted by molar-refractivity contribution is 7.99. The third kappa shape index (κ3) is 4.67. The van der Waals surface area contributed by atoms with Crippen LogP contribution in [-0.4, -0.2) is 26.4 Å². The van der Waals surface area contributed by atoms with Crippen LogP contribution in [0.1, 0.15) is 11.1 Å². The van der Waals surface area contributed by atoms with Crippen molar-refractivity contribution in [1.29, 1.82) is 0 Å². The van der Waals surface area contributed by atoms with Crippen molar-refractivity contribution in [3.05, 3.63) is 71.8 Å². The Hall–Kier alpha value is -2.67. The van der Waals surface area contributed by atoms with Gasteiger partial charge >= 0.3 is 0 Å². The van der Waals surface area contributed by atoms with Gasteiger partial charge in [0.1, 0.15) is 12.1 Å². The zero-order chi connectivity index (χ0) is 17.6. The summed E-state index contributed by atoms with van der Waals surface area (Å²) in [5.74, 6) is -0.250. The van der Waals surface area contributed by atoms with Crippen molar-refractivity contribution in [3.63, 3.8) is 0 Å². The number of benzene rings is 2. The summed E-state index contributed by atoms with van der Waals surface area (Å²) in [5.41, 5.74) is 2.84. The summed E-state index contributed by atoms with van der Waals surface area (Å²) in [6.07, 6.45) is 1.62. The van der Waals surface area contributed by atoms with Crippen molar-refractivity contribution < 1.29 is 9.18 Å². The summed E-state index contributed by atoms with van der Waals surface area (Å²) in [5, 5.41) is 11.4.